The number of primary amides is 1. The number of hydrogen-bond acceptors (Lipinski definition) is 4. The van der Waals surface area contributed by atoms with Crippen LogP contribution in [0.1, 0.15) is 28.0 Å². The van der Waals surface area contributed by atoms with E-state index in [-0.39, 0.29) is 5.56 Å². The van der Waals surface area contributed by atoms with Gasteiger partial charge in [-0.1, -0.05) is 36.4 Å². The van der Waals surface area contributed by atoms with Gasteiger partial charge in [0.1, 0.15) is 6.33 Å². The Kier molecular flexibility index (Phi) is 5.27. The highest BCUT2D eigenvalue weighted by atomic mass is 16.5. The lowest BCUT2D eigenvalue weighted by atomic mass is 9.94. The highest BCUT2D eigenvalue weighted by Crippen LogP contribution is 2.36. The first-order valence-electron chi connectivity index (χ1n) is 11.8. The number of ether oxygens (including phenoxy) is 1. The number of benzene rings is 3. The molecule has 2 aromatic heterocycles. The van der Waals surface area contributed by atoms with Gasteiger partial charge in [0, 0.05) is 11.1 Å². The van der Waals surface area contributed by atoms with E-state index in [9.17, 15) is 9.59 Å². The maximum atomic E-state index is 13.3. The van der Waals surface area contributed by atoms with Gasteiger partial charge in [0.05, 0.1) is 40.9 Å². The van der Waals surface area contributed by atoms with Crippen molar-refractivity contribution in [3.63, 3.8) is 0 Å². The predicted molar refractivity (Wildman–Crippen MR) is 141 cm³/mol. The first kappa shape index (κ1) is 22.0. The summed E-state index contributed by atoms with van der Waals surface area (Å²) in [6.07, 6.45) is 4.43. The van der Waals surface area contributed by atoms with E-state index >= 15 is 0 Å². The molecule has 1 aliphatic rings. The number of carbonyl (C=O) groups excluding carboxylic acids is 1. The second-order valence-electron chi connectivity index (χ2n) is 8.94. The summed E-state index contributed by atoms with van der Waals surface area (Å²) < 4.78 is 7.05. The number of nitrogens with two attached hydrogens (primary N) is 1. The first-order chi connectivity index (χ1) is 17.5. The maximum absolute atomic E-state index is 13.3. The van der Waals surface area contributed by atoms with Gasteiger partial charge < -0.3 is 15.5 Å². The summed E-state index contributed by atoms with van der Waals surface area (Å²) >= 11 is 0. The molecule has 3 aromatic carbocycles. The van der Waals surface area contributed by atoms with Gasteiger partial charge in [0.25, 0.3) is 11.5 Å². The van der Waals surface area contributed by atoms with Crippen LogP contribution in [0, 0.1) is 6.92 Å². The second-order valence-corrected chi connectivity index (χ2v) is 8.94. The molecular formula is C29H24N4O3. The lowest BCUT2D eigenvalue weighted by Crippen LogP contribution is -2.19. The van der Waals surface area contributed by atoms with E-state index in [1.807, 2.05) is 49.4 Å². The average molecular weight is 477 g/mol. The molecular weight excluding hydrogens is 452 g/mol. The number of carbonyl (C=O) groups is 1. The van der Waals surface area contributed by atoms with Gasteiger partial charge in [-0.2, -0.15) is 0 Å². The van der Waals surface area contributed by atoms with Gasteiger partial charge in [-0.25, -0.2) is 4.98 Å². The smallest absolute Gasteiger partial charge is 0.265 e. The minimum atomic E-state index is -0.486. The summed E-state index contributed by atoms with van der Waals surface area (Å²) in [6.45, 7) is 3.22. The van der Waals surface area contributed by atoms with Crippen LogP contribution < -0.4 is 11.3 Å². The molecule has 0 unspecified atom stereocenters. The van der Waals surface area contributed by atoms with Crippen LogP contribution in [-0.4, -0.2) is 33.7 Å². The zero-order valence-corrected chi connectivity index (χ0v) is 19.7. The number of para-hydroxylation sites is 1. The zero-order valence-electron chi connectivity index (χ0n) is 19.7. The molecule has 1 amide bonds. The standard InChI is InChI=1S/C29H24N4O3/c1-17-19(6-4-8-26(17)33-16-31-24-7-3-2-5-21(24)29(33)35)20-9-10-22(28(30)34)27-23(20)15-25(32-27)18-11-13-36-14-12-18/h2-11,15-16,32H,12-14H2,1H3,(H2,30,34). The third-order valence-electron chi connectivity index (χ3n) is 6.89. The molecule has 0 spiro atoms. The molecule has 3 heterocycles. The molecule has 0 aliphatic carbocycles. The summed E-state index contributed by atoms with van der Waals surface area (Å²) in [6, 6.07) is 19.0. The molecule has 0 atom stereocenters. The monoisotopic (exact) mass is 476 g/mol. The third-order valence-corrected chi connectivity index (χ3v) is 6.89. The van der Waals surface area contributed by atoms with Crippen molar-refractivity contribution in [1.82, 2.24) is 14.5 Å². The van der Waals surface area contributed by atoms with Gasteiger partial charge in [0.2, 0.25) is 0 Å². The van der Waals surface area contributed by atoms with Crippen LogP contribution in [0.5, 0.6) is 0 Å². The Hall–Kier alpha value is -4.49. The molecule has 7 heteroatoms. The number of hydrogen-bond donors (Lipinski definition) is 2. The van der Waals surface area contributed by atoms with Crippen molar-refractivity contribution in [3.05, 3.63) is 100 Å². The molecule has 0 saturated heterocycles. The van der Waals surface area contributed by atoms with Crippen LogP contribution in [0.25, 0.3) is 44.2 Å². The summed E-state index contributed by atoms with van der Waals surface area (Å²) in [4.78, 5) is 33.4. The lowest BCUT2D eigenvalue weighted by molar-refractivity contribution is 0.100. The van der Waals surface area contributed by atoms with Crippen LogP contribution in [0.4, 0.5) is 0 Å². The number of nitrogens with one attached hydrogen (secondary N) is 1. The Morgan fingerprint density at radius 1 is 1.06 bits per heavy atom. The molecule has 5 aromatic rings. The summed E-state index contributed by atoms with van der Waals surface area (Å²) in [5, 5.41) is 1.47. The van der Waals surface area contributed by atoms with Crippen LogP contribution in [0.15, 0.2) is 77.9 Å². The van der Waals surface area contributed by atoms with Crippen molar-refractivity contribution in [1.29, 1.82) is 0 Å². The Balaban J connectivity index is 1.56. The van der Waals surface area contributed by atoms with Crippen molar-refractivity contribution in [2.24, 2.45) is 5.73 Å². The molecule has 36 heavy (non-hydrogen) atoms. The van der Waals surface area contributed by atoms with E-state index < -0.39 is 5.91 Å². The summed E-state index contributed by atoms with van der Waals surface area (Å²) in [5.41, 5.74) is 13.1. The van der Waals surface area contributed by atoms with Crippen LogP contribution >= 0.6 is 0 Å². The van der Waals surface area contributed by atoms with Crippen molar-refractivity contribution < 1.29 is 9.53 Å². The first-order valence-corrected chi connectivity index (χ1v) is 11.8. The van der Waals surface area contributed by atoms with Crippen LogP contribution in [0.3, 0.4) is 0 Å². The molecule has 7 nitrogen and oxygen atoms in total. The third kappa shape index (κ3) is 3.52. The van der Waals surface area contributed by atoms with E-state index in [1.165, 1.54) is 0 Å². The quantitative estimate of drug-likeness (QED) is 0.391. The highest BCUT2D eigenvalue weighted by Gasteiger charge is 2.19. The fourth-order valence-corrected chi connectivity index (χ4v) is 5.02. The van der Waals surface area contributed by atoms with Crippen molar-refractivity contribution in [2.45, 2.75) is 13.3 Å². The van der Waals surface area contributed by atoms with Gasteiger partial charge in [-0.3, -0.25) is 14.2 Å². The number of rotatable bonds is 4. The van der Waals surface area contributed by atoms with E-state index in [0.29, 0.717) is 35.2 Å². The topological polar surface area (TPSA) is 103 Å². The minimum absolute atomic E-state index is 0.120. The van der Waals surface area contributed by atoms with Crippen molar-refractivity contribution in [3.8, 4) is 16.8 Å². The molecule has 3 N–H and O–H groups in total. The number of nitrogens with zero attached hydrogens (tertiary/aromatic N) is 2. The largest absolute Gasteiger partial charge is 0.377 e. The average Bonchev–Trinajstić information content (AvgIpc) is 3.35. The lowest BCUT2D eigenvalue weighted by Gasteiger charge is -2.15. The molecule has 178 valence electrons. The molecule has 0 bridgehead atoms. The van der Waals surface area contributed by atoms with E-state index in [1.54, 1.807) is 23.0 Å². The summed E-state index contributed by atoms with van der Waals surface area (Å²) in [5.74, 6) is -0.486. The number of fused-ring (bicyclic) bond motifs is 2. The minimum Gasteiger partial charge on any atom is -0.377 e. The van der Waals surface area contributed by atoms with Crippen molar-refractivity contribution >= 4 is 33.3 Å². The Labute approximate surface area is 206 Å². The predicted octanol–water partition coefficient (Wildman–Crippen LogP) is 4.75. The second kappa shape index (κ2) is 8.62. The normalized spacial score (nSPS) is 13.8. The van der Waals surface area contributed by atoms with Gasteiger partial charge in [-0.15, -0.1) is 0 Å². The maximum Gasteiger partial charge on any atom is 0.265 e. The summed E-state index contributed by atoms with van der Waals surface area (Å²) in [7, 11) is 0. The Bertz CT molecular complexity index is 1760. The van der Waals surface area contributed by atoms with E-state index in [0.717, 1.165) is 45.5 Å². The van der Waals surface area contributed by atoms with Crippen molar-refractivity contribution in [2.75, 3.05) is 13.2 Å². The van der Waals surface area contributed by atoms with Gasteiger partial charge >= 0.3 is 0 Å². The number of aromatic amines is 1. The zero-order chi connectivity index (χ0) is 24.8. The fraction of sp³-hybridized carbons (Fsp3) is 0.138. The molecule has 1 aliphatic heterocycles. The van der Waals surface area contributed by atoms with E-state index in [4.69, 9.17) is 10.5 Å². The molecule has 0 saturated carbocycles. The van der Waals surface area contributed by atoms with E-state index in [2.05, 4.69) is 22.1 Å². The van der Waals surface area contributed by atoms with Crippen LogP contribution in [0.2, 0.25) is 0 Å². The molecule has 0 radical (unpaired) electrons. The number of aromatic nitrogens is 3. The number of H-pyrrole nitrogens is 1. The Morgan fingerprint density at radius 2 is 1.92 bits per heavy atom. The number of amides is 1. The fourth-order valence-electron chi connectivity index (χ4n) is 5.02. The highest BCUT2D eigenvalue weighted by molar-refractivity contribution is 6.10. The SMILES string of the molecule is Cc1c(-c2ccc(C(N)=O)c3[nH]c(C4=CCOCC4)cc23)cccc1-n1cnc2ccccc2c1=O. The van der Waals surface area contributed by atoms with Gasteiger partial charge in [-0.05, 0) is 65.9 Å². The molecule has 0 fully saturated rings. The van der Waals surface area contributed by atoms with Gasteiger partial charge in [0.15, 0.2) is 0 Å². The van der Waals surface area contributed by atoms with Crippen LogP contribution in [-0.2, 0) is 4.74 Å². The Morgan fingerprint density at radius 3 is 2.72 bits per heavy atom. The molecule has 6 rings (SSSR count).